The van der Waals surface area contributed by atoms with Crippen LogP contribution in [0.1, 0.15) is 12.5 Å². The van der Waals surface area contributed by atoms with E-state index in [0.717, 1.165) is 5.56 Å². The van der Waals surface area contributed by atoms with Crippen LogP contribution in [0.15, 0.2) is 18.3 Å². The van der Waals surface area contributed by atoms with Crippen molar-refractivity contribution >= 4 is 17.8 Å². The predicted molar refractivity (Wildman–Crippen MR) is 73.6 cm³/mol. The van der Waals surface area contributed by atoms with Crippen LogP contribution in [0.3, 0.4) is 0 Å². The second kappa shape index (κ2) is 7.27. The number of esters is 1. The Hall–Kier alpha value is -2.36. The first-order chi connectivity index (χ1) is 10.7. The van der Waals surface area contributed by atoms with Crippen molar-refractivity contribution in [2.24, 2.45) is 0 Å². The van der Waals surface area contributed by atoms with Gasteiger partial charge < -0.3 is 9.47 Å². The average molecular weight is 335 g/mol. The van der Waals surface area contributed by atoms with Gasteiger partial charge in [-0.05, 0) is 31.5 Å². The van der Waals surface area contributed by atoms with E-state index in [4.69, 9.17) is 0 Å². The van der Waals surface area contributed by atoms with E-state index in [1.807, 2.05) is 0 Å². The number of hydrogen-bond donors (Lipinski definition) is 2. The van der Waals surface area contributed by atoms with Crippen LogP contribution in [0.25, 0.3) is 0 Å². The third-order valence-corrected chi connectivity index (χ3v) is 2.71. The molecule has 0 spiro atoms. The van der Waals surface area contributed by atoms with Crippen molar-refractivity contribution in [3.05, 3.63) is 23.9 Å². The third-order valence-electron chi connectivity index (χ3n) is 2.71. The number of aryl methyl sites for hydroxylation is 1. The van der Waals surface area contributed by atoms with Gasteiger partial charge in [-0.1, -0.05) is 0 Å². The molecule has 1 aromatic heterocycles. The van der Waals surface area contributed by atoms with E-state index < -0.39 is 23.9 Å². The molecule has 0 bridgehead atoms. The Balaban J connectivity index is 3.00. The number of halogens is 3. The Bertz CT molecular complexity index is 580. The van der Waals surface area contributed by atoms with Gasteiger partial charge >= 0.3 is 23.9 Å². The Kier molecular flexibility index (Phi) is 5.91. The molecule has 1 rings (SSSR count). The van der Waals surface area contributed by atoms with E-state index >= 15 is 0 Å². The minimum Gasteiger partial charge on any atom is -0.462 e. The number of urea groups is 1. The maximum absolute atomic E-state index is 13.2. The van der Waals surface area contributed by atoms with Gasteiger partial charge in [-0.25, -0.2) is 14.6 Å². The van der Waals surface area contributed by atoms with E-state index in [1.54, 1.807) is 13.0 Å². The molecule has 0 fully saturated rings. The second-order valence-corrected chi connectivity index (χ2v) is 4.40. The number of methoxy groups -OCH3 is 1. The molecule has 23 heavy (non-hydrogen) atoms. The number of anilines is 1. The van der Waals surface area contributed by atoms with Crippen molar-refractivity contribution in [2.45, 2.75) is 25.7 Å². The lowest BCUT2D eigenvalue weighted by molar-refractivity contribution is -0.276. The normalized spacial score (nSPS) is 13.8. The smallest absolute Gasteiger partial charge is 0.448 e. The summed E-state index contributed by atoms with van der Waals surface area (Å²) in [5.41, 5.74) is -2.88. The lowest BCUT2D eigenvalue weighted by atomic mass is 10.2. The number of nitrogens with one attached hydrogen (secondary N) is 2. The van der Waals surface area contributed by atoms with E-state index in [-0.39, 0.29) is 12.4 Å². The van der Waals surface area contributed by atoms with Crippen molar-refractivity contribution in [3.63, 3.8) is 0 Å². The standard InChI is InChI=1S/C13H16F3N3O4/c1-4-23-10(20)12(22-3,13(14,15)16)19-11(21)18-9-7-8(2)5-6-17-9/h5-7H,4H2,1-3H3,(H2,17,18,19,21). The molecule has 0 aromatic carbocycles. The van der Waals surface area contributed by atoms with Gasteiger partial charge in [0, 0.05) is 13.3 Å². The fourth-order valence-corrected chi connectivity index (χ4v) is 1.63. The largest absolute Gasteiger partial charge is 0.462 e. The van der Waals surface area contributed by atoms with Crippen molar-refractivity contribution < 1.29 is 32.2 Å². The van der Waals surface area contributed by atoms with Crippen LogP contribution < -0.4 is 10.6 Å². The lowest BCUT2D eigenvalue weighted by Crippen LogP contribution is -2.66. The fraction of sp³-hybridized carbons (Fsp3) is 0.462. The molecule has 0 radical (unpaired) electrons. The van der Waals surface area contributed by atoms with E-state index in [0.29, 0.717) is 7.11 Å². The van der Waals surface area contributed by atoms with Gasteiger partial charge in [-0.2, -0.15) is 13.2 Å². The van der Waals surface area contributed by atoms with Gasteiger partial charge in [-0.3, -0.25) is 10.6 Å². The monoisotopic (exact) mass is 335 g/mol. The van der Waals surface area contributed by atoms with Crippen LogP contribution in [-0.4, -0.2) is 42.6 Å². The van der Waals surface area contributed by atoms with Gasteiger partial charge in [0.15, 0.2) is 0 Å². The van der Waals surface area contributed by atoms with Crippen LogP contribution >= 0.6 is 0 Å². The SMILES string of the molecule is CCOC(=O)C(NC(=O)Nc1cc(C)ccn1)(OC)C(F)(F)F. The quantitative estimate of drug-likeness (QED) is 0.634. The minimum atomic E-state index is -5.23. The zero-order valence-corrected chi connectivity index (χ0v) is 12.7. The number of ether oxygens (including phenoxy) is 2. The second-order valence-electron chi connectivity index (χ2n) is 4.40. The third kappa shape index (κ3) is 4.31. The highest BCUT2D eigenvalue weighted by molar-refractivity contribution is 5.93. The van der Waals surface area contributed by atoms with Crippen molar-refractivity contribution in [2.75, 3.05) is 19.0 Å². The Labute approximate surface area is 130 Å². The van der Waals surface area contributed by atoms with Crippen molar-refractivity contribution in [1.29, 1.82) is 0 Å². The summed E-state index contributed by atoms with van der Waals surface area (Å²) in [5.74, 6) is -1.76. The molecule has 128 valence electrons. The summed E-state index contributed by atoms with van der Waals surface area (Å²) in [6.45, 7) is 2.72. The number of amides is 2. The summed E-state index contributed by atoms with van der Waals surface area (Å²) >= 11 is 0. The maximum Gasteiger partial charge on any atom is 0.448 e. The van der Waals surface area contributed by atoms with E-state index in [2.05, 4.69) is 19.8 Å². The fourth-order valence-electron chi connectivity index (χ4n) is 1.63. The van der Waals surface area contributed by atoms with Crippen molar-refractivity contribution in [3.8, 4) is 0 Å². The van der Waals surface area contributed by atoms with Crippen LogP contribution in [-0.2, 0) is 14.3 Å². The molecule has 1 aromatic rings. The highest BCUT2D eigenvalue weighted by Crippen LogP contribution is 2.32. The number of carbonyl (C=O) groups excluding carboxylic acids is 2. The first kappa shape index (κ1) is 18.7. The summed E-state index contributed by atoms with van der Waals surface area (Å²) < 4.78 is 48.3. The first-order valence-corrected chi connectivity index (χ1v) is 6.47. The summed E-state index contributed by atoms with van der Waals surface area (Å²) in [4.78, 5) is 27.2. The zero-order valence-electron chi connectivity index (χ0n) is 12.7. The summed E-state index contributed by atoms with van der Waals surface area (Å²) in [7, 11) is 0.635. The zero-order chi connectivity index (χ0) is 17.7. The summed E-state index contributed by atoms with van der Waals surface area (Å²) in [6, 6.07) is 1.75. The topological polar surface area (TPSA) is 89.5 Å². The molecule has 1 unspecified atom stereocenters. The summed E-state index contributed by atoms with van der Waals surface area (Å²) in [5, 5.41) is 3.55. The lowest BCUT2D eigenvalue weighted by Gasteiger charge is -2.32. The van der Waals surface area contributed by atoms with Gasteiger partial charge in [-0.15, -0.1) is 0 Å². The molecule has 0 aliphatic heterocycles. The molecule has 2 N–H and O–H groups in total. The Morgan fingerprint density at radius 3 is 2.48 bits per heavy atom. The number of carbonyl (C=O) groups is 2. The average Bonchev–Trinajstić information content (AvgIpc) is 2.43. The molecular weight excluding hydrogens is 319 g/mol. The number of alkyl halides is 3. The molecule has 0 saturated heterocycles. The molecule has 0 aliphatic carbocycles. The molecule has 1 atom stereocenters. The number of aromatic nitrogens is 1. The van der Waals surface area contributed by atoms with Crippen molar-refractivity contribution in [1.82, 2.24) is 10.3 Å². The van der Waals surface area contributed by atoms with E-state index in [9.17, 15) is 22.8 Å². The number of hydrogen-bond acceptors (Lipinski definition) is 5. The van der Waals surface area contributed by atoms with Crippen LogP contribution in [0, 0.1) is 6.92 Å². The molecule has 0 saturated carbocycles. The Morgan fingerprint density at radius 1 is 1.35 bits per heavy atom. The molecule has 1 heterocycles. The van der Waals surface area contributed by atoms with Gasteiger partial charge in [0.25, 0.3) is 0 Å². The van der Waals surface area contributed by atoms with Gasteiger partial charge in [0.2, 0.25) is 0 Å². The predicted octanol–water partition coefficient (Wildman–Crippen LogP) is 1.98. The van der Waals surface area contributed by atoms with Crippen LogP contribution in [0.2, 0.25) is 0 Å². The molecule has 0 aliphatic rings. The minimum absolute atomic E-state index is 0.0125. The molecule has 10 heteroatoms. The number of pyridine rings is 1. The maximum atomic E-state index is 13.2. The van der Waals surface area contributed by atoms with Gasteiger partial charge in [0.05, 0.1) is 6.61 Å². The van der Waals surface area contributed by atoms with Crippen LogP contribution in [0.5, 0.6) is 0 Å². The van der Waals surface area contributed by atoms with Crippen LogP contribution in [0.4, 0.5) is 23.8 Å². The Morgan fingerprint density at radius 2 is 2.00 bits per heavy atom. The highest BCUT2D eigenvalue weighted by atomic mass is 19.4. The first-order valence-electron chi connectivity index (χ1n) is 6.47. The number of rotatable bonds is 5. The summed E-state index contributed by atoms with van der Waals surface area (Å²) in [6.07, 6.45) is -3.87. The van der Waals surface area contributed by atoms with Gasteiger partial charge in [0.1, 0.15) is 5.82 Å². The molecule has 2 amide bonds. The van der Waals surface area contributed by atoms with E-state index in [1.165, 1.54) is 24.5 Å². The number of nitrogens with zero attached hydrogens (tertiary/aromatic N) is 1. The molecular formula is C13H16F3N3O4. The molecule has 7 nitrogen and oxygen atoms in total. The highest BCUT2D eigenvalue weighted by Gasteiger charge is 2.64.